The van der Waals surface area contributed by atoms with E-state index in [2.05, 4.69) is 15.6 Å². The van der Waals surface area contributed by atoms with Crippen LogP contribution in [0.1, 0.15) is 44.9 Å². The molecule has 0 atom stereocenters. The molecular formula is C16H24N4O3. The number of carbonyl (C=O) groups excluding carboxylic acids is 3. The Balaban J connectivity index is 1.94. The first-order chi connectivity index (χ1) is 11.0. The number of hydrogen-bond acceptors (Lipinski definition) is 4. The van der Waals surface area contributed by atoms with Gasteiger partial charge in [0.05, 0.1) is 17.8 Å². The molecule has 3 N–H and O–H groups in total. The summed E-state index contributed by atoms with van der Waals surface area (Å²) in [6.45, 7) is 5.22. The first kappa shape index (κ1) is 17.2. The van der Waals surface area contributed by atoms with Gasteiger partial charge in [0.15, 0.2) is 6.29 Å². The van der Waals surface area contributed by atoms with Crippen LogP contribution in [0, 0.1) is 13.8 Å². The third kappa shape index (κ3) is 3.79. The molecule has 1 saturated heterocycles. The average molecular weight is 320 g/mol. The molecule has 1 aromatic heterocycles. The highest BCUT2D eigenvalue weighted by Gasteiger charge is 2.23. The lowest BCUT2D eigenvalue weighted by molar-refractivity contribution is -0.131. The topological polar surface area (TPSA) is 94.3 Å². The van der Waals surface area contributed by atoms with Crippen molar-refractivity contribution < 1.29 is 14.4 Å². The molecule has 2 rings (SSSR count). The van der Waals surface area contributed by atoms with Crippen LogP contribution >= 0.6 is 0 Å². The van der Waals surface area contributed by atoms with Gasteiger partial charge in [0.25, 0.3) is 5.91 Å². The molecule has 0 saturated carbocycles. The summed E-state index contributed by atoms with van der Waals surface area (Å²) >= 11 is 0. The van der Waals surface area contributed by atoms with Crippen molar-refractivity contribution in [1.29, 1.82) is 0 Å². The zero-order valence-electron chi connectivity index (χ0n) is 13.9. The van der Waals surface area contributed by atoms with Gasteiger partial charge in [0.1, 0.15) is 0 Å². The molecule has 0 bridgehead atoms. The van der Waals surface area contributed by atoms with E-state index in [0.29, 0.717) is 28.8 Å². The number of H-pyrrole nitrogens is 1. The van der Waals surface area contributed by atoms with E-state index in [0.717, 1.165) is 25.9 Å². The van der Waals surface area contributed by atoms with Crippen LogP contribution in [-0.2, 0) is 4.79 Å². The Bertz CT molecular complexity index is 603. The monoisotopic (exact) mass is 320 g/mol. The standard InChI is InChI=1S/C16H24N4O3/c1-10-13(9-21)19-11(2)15(10)16(23)18-8-14(22)20(3)12-4-6-17-7-5-12/h9,12,17,19H,4-8H2,1-3H3,(H,18,23). The zero-order chi connectivity index (χ0) is 17.0. The predicted molar refractivity (Wildman–Crippen MR) is 86.6 cm³/mol. The van der Waals surface area contributed by atoms with Crippen LogP contribution in [-0.4, -0.2) is 60.7 Å². The van der Waals surface area contributed by atoms with Gasteiger partial charge in [-0.25, -0.2) is 0 Å². The van der Waals surface area contributed by atoms with Crippen molar-refractivity contribution in [2.45, 2.75) is 32.7 Å². The fourth-order valence-electron chi connectivity index (χ4n) is 3.00. The van der Waals surface area contributed by atoms with E-state index < -0.39 is 0 Å². The summed E-state index contributed by atoms with van der Waals surface area (Å²) in [5.41, 5.74) is 2.06. The van der Waals surface area contributed by atoms with E-state index in [-0.39, 0.29) is 24.4 Å². The van der Waals surface area contributed by atoms with Crippen LogP contribution in [0.3, 0.4) is 0 Å². The minimum atomic E-state index is -0.337. The van der Waals surface area contributed by atoms with Gasteiger partial charge in [0.2, 0.25) is 5.91 Å². The van der Waals surface area contributed by atoms with E-state index >= 15 is 0 Å². The normalized spacial score (nSPS) is 15.3. The maximum absolute atomic E-state index is 12.3. The first-order valence-electron chi connectivity index (χ1n) is 7.84. The van der Waals surface area contributed by atoms with E-state index in [1.807, 2.05) is 0 Å². The number of nitrogens with one attached hydrogen (secondary N) is 3. The fourth-order valence-corrected chi connectivity index (χ4v) is 3.00. The number of hydrogen-bond donors (Lipinski definition) is 3. The van der Waals surface area contributed by atoms with Crippen molar-refractivity contribution in [3.63, 3.8) is 0 Å². The number of nitrogens with zero attached hydrogens (tertiary/aromatic N) is 1. The molecular weight excluding hydrogens is 296 g/mol. The SMILES string of the molecule is Cc1[nH]c(C=O)c(C)c1C(=O)NCC(=O)N(C)C1CCNCC1. The molecule has 1 fully saturated rings. The second-order valence-corrected chi connectivity index (χ2v) is 5.95. The second kappa shape index (κ2) is 7.41. The van der Waals surface area contributed by atoms with Gasteiger partial charge in [-0.1, -0.05) is 0 Å². The summed E-state index contributed by atoms with van der Waals surface area (Å²) in [5.74, 6) is -0.442. The fraction of sp³-hybridized carbons (Fsp3) is 0.562. The summed E-state index contributed by atoms with van der Waals surface area (Å²) in [4.78, 5) is 40.0. The summed E-state index contributed by atoms with van der Waals surface area (Å²) in [5, 5.41) is 5.92. The third-order valence-electron chi connectivity index (χ3n) is 4.47. The predicted octanol–water partition coefficient (Wildman–Crippen LogP) is 0.384. The zero-order valence-corrected chi connectivity index (χ0v) is 13.9. The molecule has 0 aromatic carbocycles. The number of amides is 2. The molecule has 2 amide bonds. The van der Waals surface area contributed by atoms with Crippen LogP contribution in [0.15, 0.2) is 0 Å². The highest BCUT2D eigenvalue weighted by Crippen LogP contribution is 2.16. The molecule has 0 spiro atoms. The third-order valence-corrected chi connectivity index (χ3v) is 4.47. The quantitative estimate of drug-likeness (QED) is 0.684. The first-order valence-corrected chi connectivity index (χ1v) is 7.84. The summed E-state index contributed by atoms with van der Waals surface area (Å²) in [6.07, 6.45) is 2.54. The number of piperidine rings is 1. The minimum Gasteiger partial charge on any atom is -0.356 e. The Hall–Kier alpha value is -2.15. The largest absolute Gasteiger partial charge is 0.356 e. The smallest absolute Gasteiger partial charge is 0.253 e. The van der Waals surface area contributed by atoms with Crippen LogP contribution < -0.4 is 10.6 Å². The number of rotatable bonds is 5. The van der Waals surface area contributed by atoms with Crippen molar-refractivity contribution in [3.8, 4) is 0 Å². The maximum atomic E-state index is 12.3. The van der Waals surface area contributed by atoms with E-state index in [4.69, 9.17) is 0 Å². The minimum absolute atomic E-state index is 0.0419. The van der Waals surface area contributed by atoms with Crippen LogP contribution in [0.25, 0.3) is 0 Å². The Morgan fingerprint density at radius 1 is 1.30 bits per heavy atom. The van der Waals surface area contributed by atoms with Gasteiger partial charge >= 0.3 is 0 Å². The van der Waals surface area contributed by atoms with Crippen molar-refractivity contribution in [1.82, 2.24) is 20.5 Å². The Morgan fingerprint density at radius 2 is 1.96 bits per heavy atom. The lowest BCUT2D eigenvalue weighted by Gasteiger charge is -2.31. The molecule has 1 aliphatic rings. The molecule has 23 heavy (non-hydrogen) atoms. The van der Waals surface area contributed by atoms with Gasteiger partial charge in [-0.2, -0.15) is 0 Å². The summed E-state index contributed by atoms with van der Waals surface area (Å²) in [6, 6.07) is 0.220. The van der Waals surface area contributed by atoms with E-state index in [1.165, 1.54) is 0 Å². The molecule has 1 aromatic rings. The summed E-state index contributed by atoms with van der Waals surface area (Å²) < 4.78 is 0. The highest BCUT2D eigenvalue weighted by atomic mass is 16.2. The molecule has 2 heterocycles. The second-order valence-electron chi connectivity index (χ2n) is 5.95. The lowest BCUT2D eigenvalue weighted by Crippen LogP contribution is -2.47. The lowest BCUT2D eigenvalue weighted by atomic mass is 10.1. The molecule has 0 radical (unpaired) electrons. The molecule has 0 aliphatic carbocycles. The van der Waals surface area contributed by atoms with Crippen molar-refractivity contribution in [2.24, 2.45) is 0 Å². The molecule has 7 nitrogen and oxygen atoms in total. The van der Waals surface area contributed by atoms with Crippen LogP contribution in [0.4, 0.5) is 0 Å². The maximum Gasteiger partial charge on any atom is 0.253 e. The van der Waals surface area contributed by atoms with Crippen molar-refractivity contribution in [2.75, 3.05) is 26.7 Å². The summed E-state index contributed by atoms with van der Waals surface area (Å²) in [7, 11) is 1.78. The molecule has 0 unspecified atom stereocenters. The Kier molecular flexibility index (Phi) is 5.54. The molecule has 7 heteroatoms. The number of likely N-dealkylation sites (N-methyl/N-ethyl adjacent to an activating group) is 1. The van der Waals surface area contributed by atoms with E-state index in [1.54, 1.807) is 25.8 Å². The van der Waals surface area contributed by atoms with E-state index in [9.17, 15) is 14.4 Å². The van der Waals surface area contributed by atoms with Gasteiger partial charge in [-0.15, -0.1) is 0 Å². The number of aldehydes is 1. The van der Waals surface area contributed by atoms with Crippen molar-refractivity contribution >= 4 is 18.1 Å². The van der Waals surface area contributed by atoms with Crippen LogP contribution in [0.5, 0.6) is 0 Å². The highest BCUT2D eigenvalue weighted by molar-refractivity contribution is 6.00. The Morgan fingerprint density at radius 3 is 2.52 bits per heavy atom. The Labute approximate surface area is 135 Å². The van der Waals surface area contributed by atoms with Gasteiger partial charge < -0.3 is 20.5 Å². The number of aromatic nitrogens is 1. The van der Waals surface area contributed by atoms with Crippen molar-refractivity contribution in [3.05, 3.63) is 22.5 Å². The molecule has 1 aliphatic heterocycles. The van der Waals surface area contributed by atoms with Gasteiger partial charge in [0, 0.05) is 18.8 Å². The van der Waals surface area contributed by atoms with Crippen LogP contribution in [0.2, 0.25) is 0 Å². The number of carbonyl (C=O) groups is 3. The van der Waals surface area contributed by atoms with Gasteiger partial charge in [-0.3, -0.25) is 14.4 Å². The number of aryl methyl sites for hydroxylation is 1. The van der Waals surface area contributed by atoms with Gasteiger partial charge in [-0.05, 0) is 45.3 Å². The average Bonchev–Trinajstić information content (AvgIpc) is 2.86. The number of aromatic amines is 1. The molecule has 126 valence electrons.